The number of anilines is 1. The third-order valence-corrected chi connectivity index (χ3v) is 6.00. The Morgan fingerprint density at radius 2 is 1.76 bits per heavy atom. The molecule has 2 heterocycles. The van der Waals surface area contributed by atoms with Crippen LogP contribution in [0.3, 0.4) is 0 Å². The van der Waals surface area contributed by atoms with Gasteiger partial charge in [0, 0.05) is 36.3 Å². The maximum absolute atomic E-state index is 13.7. The molecule has 0 aliphatic carbocycles. The second kappa shape index (κ2) is 7.74. The molecule has 1 N–H and O–H groups in total. The van der Waals surface area contributed by atoms with Crippen LogP contribution in [0.5, 0.6) is 0 Å². The van der Waals surface area contributed by atoms with Gasteiger partial charge in [-0.25, -0.2) is 0 Å². The summed E-state index contributed by atoms with van der Waals surface area (Å²) >= 11 is 0. The summed E-state index contributed by atoms with van der Waals surface area (Å²) in [4.78, 5) is 15.3. The first-order valence-corrected chi connectivity index (χ1v) is 10.5. The van der Waals surface area contributed by atoms with E-state index in [1.165, 1.54) is 19.3 Å². The molecule has 1 aromatic heterocycles. The SMILES string of the molecule is Cn1cc(-c2cc(CO)cc3c2CCN(c2cccc4ccccc24)C3=O)c(C(F)(F)F)n1. The zero-order valence-corrected chi connectivity index (χ0v) is 17.7. The maximum Gasteiger partial charge on any atom is 0.435 e. The highest BCUT2D eigenvalue weighted by atomic mass is 19.4. The molecule has 3 aromatic carbocycles. The Balaban J connectivity index is 1.67. The number of carbonyl (C=O) groups excluding carboxylic acids is 1. The van der Waals surface area contributed by atoms with Crippen LogP contribution in [0.4, 0.5) is 18.9 Å². The lowest BCUT2D eigenvalue weighted by Gasteiger charge is -2.31. The number of aliphatic hydroxyl groups excluding tert-OH is 1. The first kappa shape index (κ1) is 21.2. The van der Waals surface area contributed by atoms with Crippen molar-refractivity contribution in [3.8, 4) is 11.1 Å². The van der Waals surface area contributed by atoms with E-state index >= 15 is 0 Å². The molecule has 4 aromatic rings. The van der Waals surface area contributed by atoms with Gasteiger partial charge in [-0.2, -0.15) is 18.3 Å². The fraction of sp³-hybridized carbons (Fsp3) is 0.200. The molecule has 0 fully saturated rings. The minimum atomic E-state index is -4.65. The number of hydrogen-bond donors (Lipinski definition) is 1. The number of rotatable bonds is 3. The van der Waals surface area contributed by atoms with Gasteiger partial charge < -0.3 is 10.0 Å². The van der Waals surface area contributed by atoms with Gasteiger partial charge in [0.25, 0.3) is 5.91 Å². The zero-order valence-electron chi connectivity index (χ0n) is 17.7. The Bertz CT molecular complexity index is 1390. The summed E-state index contributed by atoms with van der Waals surface area (Å²) in [5.41, 5.74) is 1.13. The number of aryl methyl sites for hydroxylation is 1. The monoisotopic (exact) mass is 451 g/mol. The van der Waals surface area contributed by atoms with Crippen LogP contribution in [-0.2, 0) is 26.3 Å². The number of benzene rings is 3. The van der Waals surface area contributed by atoms with Gasteiger partial charge in [0.2, 0.25) is 0 Å². The van der Waals surface area contributed by atoms with E-state index in [1.54, 1.807) is 11.0 Å². The number of hydrogen-bond acceptors (Lipinski definition) is 3. The Labute approximate surface area is 187 Å². The molecule has 5 nitrogen and oxygen atoms in total. The minimum absolute atomic E-state index is 0.0945. The van der Waals surface area contributed by atoms with Crippen LogP contribution in [0.1, 0.15) is 27.2 Å². The Morgan fingerprint density at radius 3 is 2.52 bits per heavy atom. The summed E-state index contributed by atoms with van der Waals surface area (Å²) in [6.45, 7) is -0.0730. The molecule has 8 heteroatoms. The molecular weight excluding hydrogens is 431 g/mol. The number of nitrogens with zero attached hydrogens (tertiary/aromatic N) is 3. The molecule has 1 aliphatic rings. The molecule has 5 rings (SSSR count). The van der Waals surface area contributed by atoms with E-state index in [0.29, 0.717) is 29.7 Å². The molecule has 1 aliphatic heterocycles. The summed E-state index contributed by atoms with van der Waals surface area (Å²) < 4.78 is 42.1. The third-order valence-electron chi connectivity index (χ3n) is 6.00. The normalized spacial score (nSPS) is 14.1. The quantitative estimate of drug-likeness (QED) is 0.479. The Kier molecular flexibility index (Phi) is 4.97. The van der Waals surface area contributed by atoms with Gasteiger partial charge in [-0.15, -0.1) is 0 Å². The zero-order chi connectivity index (χ0) is 23.3. The number of carbonyl (C=O) groups is 1. The molecule has 168 valence electrons. The Hall–Kier alpha value is -3.65. The Morgan fingerprint density at radius 1 is 1.03 bits per heavy atom. The predicted molar refractivity (Wildman–Crippen MR) is 119 cm³/mol. The second-order valence-electron chi connectivity index (χ2n) is 8.10. The van der Waals surface area contributed by atoms with Crippen LogP contribution in [0, 0.1) is 0 Å². The number of aliphatic hydroxyl groups is 1. The molecule has 0 unspecified atom stereocenters. The topological polar surface area (TPSA) is 58.4 Å². The molecular formula is C25H20F3N3O2. The largest absolute Gasteiger partial charge is 0.435 e. The second-order valence-corrected chi connectivity index (χ2v) is 8.10. The van der Waals surface area contributed by atoms with Crippen molar-refractivity contribution in [2.45, 2.75) is 19.2 Å². The highest BCUT2D eigenvalue weighted by Gasteiger charge is 2.39. The highest BCUT2D eigenvalue weighted by molar-refractivity contribution is 6.13. The van der Waals surface area contributed by atoms with E-state index in [4.69, 9.17) is 0 Å². The lowest BCUT2D eigenvalue weighted by Crippen LogP contribution is -2.38. The van der Waals surface area contributed by atoms with Crippen LogP contribution in [0.25, 0.3) is 21.9 Å². The van der Waals surface area contributed by atoms with Crippen LogP contribution < -0.4 is 4.90 Å². The van der Waals surface area contributed by atoms with Crippen molar-refractivity contribution in [3.63, 3.8) is 0 Å². The van der Waals surface area contributed by atoms with Gasteiger partial charge in [-0.3, -0.25) is 9.48 Å². The fourth-order valence-electron chi connectivity index (χ4n) is 4.56. The van der Waals surface area contributed by atoms with Crippen LogP contribution >= 0.6 is 0 Å². The average Bonchev–Trinajstić information content (AvgIpc) is 3.21. The van der Waals surface area contributed by atoms with Gasteiger partial charge in [0.15, 0.2) is 5.69 Å². The van der Waals surface area contributed by atoms with E-state index < -0.39 is 18.5 Å². The number of halogens is 3. The van der Waals surface area contributed by atoms with Crippen molar-refractivity contribution in [3.05, 3.63) is 83.2 Å². The minimum Gasteiger partial charge on any atom is -0.392 e. The molecule has 33 heavy (non-hydrogen) atoms. The average molecular weight is 451 g/mol. The first-order chi connectivity index (χ1) is 15.8. The smallest absolute Gasteiger partial charge is 0.392 e. The summed E-state index contributed by atoms with van der Waals surface area (Å²) in [5.74, 6) is -0.304. The number of fused-ring (bicyclic) bond motifs is 2. The van der Waals surface area contributed by atoms with Gasteiger partial charge in [0.05, 0.1) is 12.3 Å². The van der Waals surface area contributed by atoms with Crippen molar-refractivity contribution in [2.24, 2.45) is 7.05 Å². The third kappa shape index (κ3) is 3.56. The summed E-state index contributed by atoms with van der Waals surface area (Å²) in [7, 11) is 1.43. The van der Waals surface area contributed by atoms with Crippen molar-refractivity contribution >= 4 is 22.4 Å². The van der Waals surface area contributed by atoms with E-state index in [0.717, 1.165) is 21.1 Å². The van der Waals surface area contributed by atoms with Crippen LogP contribution in [-0.4, -0.2) is 27.3 Å². The molecule has 0 spiro atoms. The van der Waals surface area contributed by atoms with Crippen molar-refractivity contribution in [2.75, 3.05) is 11.4 Å². The maximum atomic E-state index is 13.7. The molecule has 1 amide bonds. The molecule has 0 atom stereocenters. The summed E-state index contributed by atoms with van der Waals surface area (Å²) in [6.07, 6.45) is -2.97. The van der Waals surface area contributed by atoms with E-state index in [2.05, 4.69) is 5.10 Å². The van der Waals surface area contributed by atoms with Crippen molar-refractivity contribution in [1.82, 2.24) is 9.78 Å². The first-order valence-electron chi connectivity index (χ1n) is 10.5. The summed E-state index contributed by atoms with van der Waals surface area (Å²) in [6, 6.07) is 16.5. The van der Waals surface area contributed by atoms with E-state index in [-0.39, 0.29) is 17.0 Å². The lowest BCUT2D eigenvalue weighted by molar-refractivity contribution is -0.140. The van der Waals surface area contributed by atoms with Crippen molar-refractivity contribution in [1.29, 1.82) is 0 Å². The van der Waals surface area contributed by atoms with Crippen LogP contribution in [0.2, 0.25) is 0 Å². The van der Waals surface area contributed by atoms with Gasteiger partial charge in [0.1, 0.15) is 0 Å². The predicted octanol–water partition coefficient (Wildman–Crippen LogP) is 4.95. The van der Waals surface area contributed by atoms with Crippen molar-refractivity contribution < 1.29 is 23.1 Å². The fourth-order valence-corrected chi connectivity index (χ4v) is 4.56. The van der Waals surface area contributed by atoms with E-state index in [9.17, 15) is 23.1 Å². The number of aromatic nitrogens is 2. The van der Waals surface area contributed by atoms with Gasteiger partial charge >= 0.3 is 6.18 Å². The standard InChI is InChI=1S/C25H20F3N3O2/c1-30-13-21(23(29-30)25(26,27)28)19-11-15(14-32)12-20-18(19)9-10-31(24(20)33)22-8-4-6-16-5-2-3-7-17(16)22/h2-8,11-13,32H,9-10,14H2,1H3. The molecule has 0 saturated heterocycles. The summed E-state index contributed by atoms with van der Waals surface area (Å²) in [5, 5.41) is 15.3. The van der Waals surface area contributed by atoms with Gasteiger partial charge in [-0.05, 0) is 46.7 Å². The number of amides is 1. The van der Waals surface area contributed by atoms with E-state index in [1.807, 2.05) is 42.5 Å². The molecule has 0 bridgehead atoms. The number of alkyl halides is 3. The lowest BCUT2D eigenvalue weighted by atomic mass is 9.88. The highest BCUT2D eigenvalue weighted by Crippen LogP contribution is 2.40. The van der Waals surface area contributed by atoms with Gasteiger partial charge in [-0.1, -0.05) is 36.4 Å². The van der Waals surface area contributed by atoms with Crippen LogP contribution in [0.15, 0.2) is 60.8 Å². The molecule has 0 radical (unpaired) electrons. The molecule has 0 saturated carbocycles.